The molecule has 2 aliphatic carbocycles. The van der Waals surface area contributed by atoms with Gasteiger partial charge in [0.05, 0.1) is 0 Å². The van der Waals surface area contributed by atoms with E-state index in [4.69, 9.17) is 0 Å². The van der Waals surface area contributed by atoms with Gasteiger partial charge in [-0.3, -0.25) is 0 Å². The fourth-order valence-electron chi connectivity index (χ4n) is 4.92. The molecule has 2 nitrogen and oxygen atoms in total. The molecule has 0 saturated heterocycles. The molecule has 0 bridgehead atoms. The molecule has 1 saturated carbocycles. The van der Waals surface area contributed by atoms with E-state index in [1.807, 2.05) is 26.0 Å². The first-order chi connectivity index (χ1) is 11.1. The molecule has 2 aliphatic rings. The molecule has 0 heterocycles. The highest BCUT2D eigenvalue weighted by molar-refractivity contribution is 5.60. The van der Waals surface area contributed by atoms with Crippen molar-refractivity contribution in [1.82, 2.24) is 0 Å². The van der Waals surface area contributed by atoms with Crippen molar-refractivity contribution in [3.63, 3.8) is 0 Å². The molecule has 1 fully saturated rings. The van der Waals surface area contributed by atoms with Gasteiger partial charge in [-0.2, -0.15) is 0 Å². The second-order valence-electron chi connectivity index (χ2n) is 7.25. The van der Waals surface area contributed by atoms with Crippen LogP contribution in [0.25, 0.3) is 0 Å². The van der Waals surface area contributed by atoms with Crippen LogP contribution in [0.4, 0.5) is 0 Å². The lowest BCUT2D eigenvalue weighted by Gasteiger charge is -2.50. The first-order valence-electron chi connectivity index (χ1n) is 9.37. The van der Waals surface area contributed by atoms with Crippen LogP contribution < -0.4 is 0 Å². The van der Waals surface area contributed by atoms with E-state index in [0.717, 1.165) is 38.5 Å². The van der Waals surface area contributed by atoms with Crippen molar-refractivity contribution in [3.05, 3.63) is 29.3 Å². The molecule has 0 aromatic heterocycles. The summed E-state index contributed by atoms with van der Waals surface area (Å²) in [6.45, 7) is 8.40. The van der Waals surface area contributed by atoms with Crippen LogP contribution in [-0.4, -0.2) is 11.4 Å². The van der Waals surface area contributed by atoms with Crippen LogP contribution in [-0.2, 0) is 11.2 Å². The van der Waals surface area contributed by atoms with Crippen LogP contribution in [0, 0.1) is 17.3 Å². The summed E-state index contributed by atoms with van der Waals surface area (Å²) in [6, 6.07) is 5.88. The Hall–Kier alpha value is -1.31. The summed E-state index contributed by atoms with van der Waals surface area (Å²) < 4.78 is 0. The lowest BCUT2D eigenvalue weighted by molar-refractivity contribution is -0.123. The van der Waals surface area contributed by atoms with Gasteiger partial charge in [-0.1, -0.05) is 40.2 Å². The largest absolute Gasteiger partial charge is 0.508 e. The van der Waals surface area contributed by atoms with Crippen LogP contribution in [0.15, 0.2) is 18.2 Å². The maximum Gasteiger partial charge on any atom is 0.126 e. The van der Waals surface area contributed by atoms with Gasteiger partial charge >= 0.3 is 0 Å². The normalized spacial score (nSPS) is 32.1. The van der Waals surface area contributed by atoms with Gasteiger partial charge < -0.3 is 9.90 Å². The average Bonchev–Trinajstić information content (AvgIpc) is 2.58. The SMILES string of the molecule is CC.CCCC1C2CCc3cc(O)ccc3C2CCC1(C)C=O. The molecule has 0 amide bonds. The second-order valence-corrected chi connectivity index (χ2v) is 7.25. The van der Waals surface area contributed by atoms with Gasteiger partial charge in [0.25, 0.3) is 0 Å². The van der Waals surface area contributed by atoms with Gasteiger partial charge in [-0.15, -0.1) is 0 Å². The number of aryl methyl sites for hydroxylation is 1. The molecule has 128 valence electrons. The van der Waals surface area contributed by atoms with Gasteiger partial charge in [0.15, 0.2) is 0 Å². The van der Waals surface area contributed by atoms with E-state index in [-0.39, 0.29) is 5.41 Å². The molecular weight excluding hydrogens is 284 g/mol. The summed E-state index contributed by atoms with van der Waals surface area (Å²) >= 11 is 0. The Labute approximate surface area is 141 Å². The number of rotatable bonds is 3. The minimum absolute atomic E-state index is 0.133. The quantitative estimate of drug-likeness (QED) is 0.750. The third-order valence-electron chi connectivity index (χ3n) is 6.02. The fraction of sp³-hybridized carbons (Fsp3) is 0.667. The molecule has 1 aromatic rings. The number of phenols is 1. The van der Waals surface area contributed by atoms with E-state index in [2.05, 4.69) is 19.9 Å². The van der Waals surface area contributed by atoms with E-state index >= 15 is 0 Å². The van der Waals surface area contributed by atoms with Crippen LogP contribution in [0.1, 0.15) is 76.8 Å². The molecule has 3 rings (SSSR count). The number of carbonyl (C=O) groups excluding carboxylic acids is 1. The Morgan fingerprint density at radius 2 is 2.04 bits per heavy atom. The third kappa shape index (κ3) is 3.32. The van der Waals surface area contributed by atoms with E-state index in [9.17, 15) is 9.90 Å². The lowest BCUT2D eigenvalue weighted by atomic mass is 9.54. The smallest absolute Gasteiger partial charge is 0.126 e. The van der Waals surface area contributed by atoms with Crippen LogP contribution in [0.2, 0.25) is 0 Å². The molecular formula is C21H32O2. The molecule has 0 spiro atoms. The predicted octanol–water partition coefficient (Wildman–Crippen LogP) is 5.48. The summed E-state index contributed by atoms with van der Waals surface area (Å²) in [5.41, 5.74) is 2.62. The minimum Gasteiger partial charge on any atom is -0.508 e. The number of benzene rings is 1. The summed E-state index contributed by atoms with van der Waals surface area (Å²) in [7, 11) is 0. The molecule has 1 aromatic carbocycles. The van der Waals surface area contributed by atoms with Crippen LogP contribution in [0.5, 0.6) is 5.75 Å². The van der Waals surface area contributed by atoms with E-state index in [1.165, 1.54) is 17.4 Å². The van der Waals surface area contributed by atoms with Gasteiger partial charge in [0.2, 0.25) is 0 Å². The zero-order valence-corrected chi connectivity index (χ0v) is 15.1. The third-order valence-corrected chi connectivity index (χ3v) is 6.02. The predicted molar refractivity (Wildman–Crippen MR) is 95.8 cm³/mol. The standard InChI is InChI=1S/C19H26O2.C2H6/c1-3-4-18-17-7-5-13-11-14(21)6-8-15(13)16(17)9-10-19(18,2)12-20;1-2/h6,8,11-12,16-18,21H,3-5,7,9-10H2,1-2H3;1-2H3. The van der Waals surface area contributed by atoms with Gasteiger partial charge in [-0.05, 0) is 73.1 Å². The lowest BCUT2D eigenvalue weighted by Crippen LogP contribution is -2.43. The number of aromatic hydroxyl groups is 1. The van der Waals surface area contributed by atoms with Gasteiger partial charge in [-0.25, -0.2) is 0 Å². The summed E-state index contributed by atoms with van der Waals surface area (Å²) in [4.78, 5) is 11.7. The van der Waals surface area contributed by atoms with Crippen molar-refractivity contribution < 1.29 is 9.90 Å². The van der Waals surface area contributed by atoms with Crippen molar-refractivity contribution in [2.75, 3.05) is 0 Å². The first-order valence-corrected chi connectivity index (χ1v) is 9.37. The van der Waals surface area contributed by atoms with Crippen LogP contribution in [0.3, 0.4) is 0 Å². The molecule has 4 atom stereocenters. The number of hydrogen-bond acceptors (Lipinski definition) is 2. The summed E-state index contributed by atoms with van der Waals surface area (Å²) in [5, 5.41) is 9.70. The van der Waals surface area contributed by atoms with Gasteiger partial charge in [0, 0.05) is 5.41 Å². The number of aldehydes is 1. The Morgan fingerprint density at radius 1 is 1.30 bits per heavy atom. The van der Waals surface area contributed by atoms with Crippen molar-refractivity contribution in [2.45, 2.75) is 72.1 Å². The molecule has 4 unspecified atom stereocenters. The zero-order valence-electron chi connectivity index (χ0n) is 15.1. The zero-order chi connectivity index (χ0) is 17.0. The Balaban J connectivity index is 0.000000924. The number of fused-ring (bicyclic) bond motifs is 3. The average molecular weight is 316 g/mol. The van der Waals surface area contributed by atoms with E-state index in [0.29, 0.717) is 23.5 Å². The minimum atomic E-state index is -0.133. The molecule has 0 aliphatic heterocycles. The fourth-order valence-corrected chi connectivity index (χ4v) is 4.92. The highest BCUT2D eigenvalue weighted by atomic mass is 16.3. The number of phenolic OH excluding ortho intramolecular Hbond substituents is 1. The van der Waals surface area contributed by atoms with Crippen molar-refractivity contribution in [2.24, 2.45) is 17.3 Å². The monoisotopic (exact) mass is 316 g/mol. The highest BCUT2D eigenvalue weighted by Crippen LogP contribution is 2.55. The topological polar surface area (TPSA) is 37.3 Å². The van der Waals surface area contributed by atoms with E-state index in [1.54, 1.807) is 0 Å². The Kier molecular flexibility index (Phi) is 5.89. The van der Waals surface area contributed by atoms with Crippen molar-refractivity contribution in [3.8, 4) is 5.75 Å². The van der Waals surface area contributed by atoms with Crippen LogP contribution >= 0.6 is 0 Å². The Morgan fingerprint density at radius 3 is 2.70 bits per heavy atom. The molecule has 2 heteroatoms. The van der Waals surface area contributed by atoms with Gasteiger partial charge in [0.1, 0.15) is 12.0 Å². The molecule has 1 N–H and O–H groups in total. The Bertz CT molecular complexity index is 537. The first kappa shape index (κ1) is 18.0. The van der Waals surface area contributed by atoms with Crippen molar-refractivity contribution in [1.29, 1.82) is 0 Å². The summed E-state index contributed by atoms with van der Waals surface area (Å²) in [5.74, 6) is 2.11. The summed E-state index contributed by atoms with van der Waals surface area (Å²) in [6.07, 6.45) is 7.86. The number of hydrogen-bond donors (Lipinski definition) is 1. The van der Waals surface area contributed by atoms with E-state index < -0.39 is 0 Å². The maximum absolute atomic E-state index is 11.7. The molecule has 23 heavy (non-hydrogen) atoms. The maximum atomic E-state index is 11.7. The molecule has 0 radical (unpaired) electrons. The second kappa shape index (κ2) is 7.51. The highest BCUT2D eigenvalue weighted by Gasteiger charge is 2.47. The number of carbonyl (C=O) groups is 1. The van der Waals surface area contributed by atoms with Crippen molar-refractivity contribution >= 4 is 6.29 Å².